The Morgan fingerprint density at radius 1 is 1.07 bits per heavy atom. The maximum absolute atomic E-state index is 12.3. The number of ether oxygens (including phenoxy) is 1. The van der Waals surface area contributed by atoms with Crippen LogP contribution in [0, 0.1) is 0 Å². The highest BCUT2D eigenvalue weighted by Crippen LogP contribution is 2.17. The lowest BCUT2D eigenvalue weighted by Gasteiger charge is -2.08. The van der Waals surface area contributed by atoms with Gasteiger partial charge in [-0.1, -0.05) is 24.3 Å². The Hall–Kier alpha value is -3.72. The molecule has 30 heavy (non-hydrogen) atoms. The predicted molar refractivity (Wildman–Crippen MR) is 110 cm³/mol. The van der Waals surface area contributed by atoms with Gasteiger partial charge in [0.2, 0.25) is 0 Å². The van der Waals surface area contributed by atoms with E-state index in [9.17, 15) is 13.2 Å². The van der Waals surface area contributed by atoms with E-state index in [1.807, 2.05) is 41.1 Å². The number of amides is 1. The first-order valence-corrected chi connectivity index (χ1v) is 10.5. The number of aromatic nitrogens is 3. The minimum absolute atomic E-state index is 0.0822. The Balaban J connectivity index is 1.40. The number of para-hydroxylation sites is 1. The first-order chi connectivity index (χ1) is 14.4. The molecule has 1 N–H and O–H groups in total. The van der Waals surface area contributed by atoms with Gasteiger partial charge in [0.1, 0.15) is 17.3 Å². The first-order valence-electron chi connectivity index (χ1n) is 9.04. The van der Waals surface area contributed by atoms with Crippen LogP contribution in [-0.4, -0.2) is 29.1 Å². The Kier molecular flexibility index (Phi) is 5.20. The monoisotopic (exact) mass is 422 g/mol. The zero-order valence-electron chi connectivity index (χ0n) is 16.0. The number of aryl methyl sites for hydroxylation is 1. The Morgan fingerprint density at radius 2 is 1.83 bits per heavy atom. The molecule has 0 aliphatic heterocycles. The maximum Gasteiger partial charge on any atom is 0.267 e. The van der Waals surface area contributed by atoms with Crippen molar-refractivity contribution in [2.75, 3.05) is 0 Å². The minimum Gasteiger partial charge on any atom is -0.487 e. The number of benzene rings is 2. The number of hydrogen-bond donors (Lipinski definition) is 1. The van der Waals surface area contributed by atoms with Crippen LogP contribution in [0.15, 0.2) is 78.0 Å². The van der Waals surface area contributed by atoms with Crippen LogP contribution < -0.4 is 9.46 Å². The molecule has 0 saturated carbocycles. The minimum atomic E-state index is -3.98. The van der Waals surface area contributed by atoms with Crippen LogP contribution in [-0.2, 0) is 23.7 Å². The van der Waals surface area contributed by atoms with Crippen LogP contribution in [0.25, 0.3) is 10.9 Å². The fourth-order valence-electron chi connectivity index (χ4n) is 2.83. The second kappa shape index (κ2) is 7.96. The second-order valence-corrected chi connectivity index (χ2v) is 8.28. The average Bonchev–Trinajstić information content (AvgIpc) is 3.19. The molecule has 0 fully saturated rings. The molecule has 2 aromatic carbocycles. The highest BCUT2D eigenvalue weighted by Gasteiger charge is 2.20. The molecule has 0 bridgehead atoms. The van der Waals surface area contributed by atoms with Crippen molar-refractivity contribution in [3.8, 4) is 5.75 Å². The molecular formula is C21H18N4O4S. The van der Waals surface area contributed by atoms with E-state index in [1.54, 1.807) is 19.2 Å². The van der Waals surface area contributed by atoms with Gasteiger partial charge < -0.3 is 4.74 Å². The van der Waals surface area contributed by atoms with E-state index in [0.29, 0.717) is 5.75 Å². The normalized spacial score (nSPS) is 11.4. The first kappa shape index (κ1) is 19.6. The van der Waals surface area contributed by atoms with Gasteiger partial charge in [0.25, 0.3) is 15.9 Å². The molecule has 2 aromatic heterocycles. The summed E-state index contributed by atoms with van der Waals surface area (Å²) in [6.07, 6.45) is 2.49. The van der Waals surface area contributed by atoms with Crippen molar-refractivity contribution in [1.82, 2.24) is 19.5 Å². The van der Waals surface area contributed by atoms with E-state index in [1.165, 1.54) is 29.2 Å². The average molecular weight is 422 g/mol. The van der Waals surface area contributed by atoms with E-state index < -0.39 is 15.9 Å². The molecular weight excluding hydrogens is 404 g/mol. The van der Waals surface area contributed by atoms with Gasteiger partial charge in [-0.05, 0) is 36.4 Å². The van der Waals surface area contributed by atoms with Crippen LogP contribution in [0.3, 0.4) is 0 Å². The highest BCUT2D eigenvalue weighted by atomic mass is 32.2. The fourth-order valence-corrected chi connectivity index (χ4v) is 3.78. The molecule has 9 heteroatoms. The third-order valence-corrected chi connectivity index (χ3v) is 5.66. The van der Waals surface area contributed by atoms with E-state index in [2.05, 4.69) is 10.1 Å². The summed E-state index contributed by atoms with van der Waals surface area (Å²) in [5.41, 5.74) is 1.86. The Labute approximate surface area is 173 Å². The lowest BCUT2D eigenvalue weighted by atomic mass is 10.2. The molecule has 0 aliphatic rings. The van der Waals surface area contributed by atoms with Crippen molar-refractivity contribution < 1.29 is 17.9 Å². The van der Waals surface area contributed by atoms with Crippen LogP contribution in [0.1, 0.15) is 16.1 Å². The van der Waals surface area contributed by atoms with Gasteiger partial charge in [-0.3, -0.25) is 9.48 Å². The van der Waals surface area contributed by atoms with Crippen LogP contribution in [0.2, 0.25) is 0 Å². The zero-order valence-corrected chi connectivity index (χ0v) is 16.8. The summed E-state index contributed by atoms with van der Waals surface area (Å²) in [5.74, 6) is -0.196. The number of carbonyl (C=O) groups excluding carboxylic acids is 1. The number of hydrogen-bond acceptors (Lipinski definition) is 6. The number of pyridine rings is 1. The SMILES string of the molecule is Cn1cc(S(=O)(=O)NC(=O)c2ccc(OCc3ccc4ccccc4n3)cc2)cn1. The lowest BCUT2D eigenvalue weighted by Crippen LogP contribution is -2.30. The van der Waals surface area contributed by atoms with E-state index in [0.717, 1.165) is 16.6 Å². The third kappa shape index (κ3) is 4.31. The number of sulfonamides is 1. The molecule has 152 valence electrons. The van der Waals surface area contributed by atoms with Crippen LogP contribution >= 0.6 is 0 Å². The summed E-state index contributed by atoms with van der Waals surface area (Å²) in [6, 6.07) is 17.9. The van der Waals surface area contributed by atoms with Crippen LogP contribution in [0.4, 0.5) is 0 Å². The summed E-state index contributed by atoms with van der Waals surface area (Å²) in [7, 11) is -2.39. The van der Waals surface area contributed by atoms with Crippen molar-refractivity contribution in [3.05, 3.63) is 84.3 Å². The van der Waals surface area contributed by atoms with Gasteiger partial charge in [-0.15, -0.1) is 0 Å². The summed E-state index contributed by atoms with van der Waals surface area (Å²) >= 11 is 0. The quantitative estimate of drug-likeness (QED) is 0.512. The van der Waals surface area contributed by atoms with E-state index in [4.69, 9.17) is 4.74 Å². The zero-order chi connectivity index (χ0) is 21.1. The molecule has 4 aromatic rings. The number of fused-ring (bicyclic) bond motifs is 1. The van der Waals surface area contributed by atoms with Gasteiger partial charge in [-0.2, -0.15) is 5.10 Å². The molecule has 0 saturated heterocycles. The number of nitrogens with one attached hydrogen (secondary N) is 1. The van der Waals surface area contributed by atoms with Gasteiger partial charge in [0.15, 0.2) is 0 Å². The Bertz CT molecular complexity index is 1310. The largest absolute Gasteiger partial charge is 0.487 e. The van der Waals surface area contributed by atoms with E-state index in [-0.39, 0.29) is 17.1 Å². The number of carbonyl (C=O) groups is 1. The van der Waals surface area contributed by atoms with Gasteiger partial charge in [-0.25, -0.2) is 18.1 Å². The summed E-state index contributed by atoms with van der Waals surface area (Å²) in [5, 5.41) is 4.85. The molecule has 0 unspecified atom stereocenters. The standard InChI is InChI=1S/C21H18N4O4S/c1-25-13-19(12-22-25)30(27,28)24-21(26)16-7-10-18(11-8-16)29-14-17-9-6-15-4-2-3-5-20(15)23-17/h2-13H,14H2,1H3,(H,24,26). The lowest BCUT2D eigenvalue weighted by molar-refractivity contribution is 0.0981. The summed E-state index contributed by atoms with van der Waals surface area (Å²) in [6.45, 7) is 0.270. The molecule has 1 amide bonds. The third-order valence-electron chi connectivity index (χ3n) is 4.38. The van der Waals surface area contributed by atoms with Crippen molar-refractivity contribution in [2.24, 2.45) is 7.05 Å². The van der Waals surface area contributed by atoms with Crippen LogP contribution in [0.5, 0.6) is 5.75 Å². The van der Waals surface area contributed by atoms with Gasteiger partial charge in [0.05, 0.1) is 17.4 Å². The molecule has 4 rings (SSSR count). The predicted octanol–water partition coefficient (Wildman–Crippen LogP) is 2.67. The molecule has 0 atom stereocenters. The second-order valence-electron chi connectivity index (χ2n) is 6.59. The summed E-state index contributed by atoms with van der Waals surface area (Å²) in [4.78, 5) is 16.7. The van der Waals surface area contributed by atoms with Crippen molar-refractivity contribution in [2.45, 2.75) is 11.5 Å². The highest BCUT2D eigenvalue weighted by molar-refractivity contribution is 7.90. The van der Waals surface area contributed by atoms with Crippen molar-refractivity contribution >= 4 is 26.8 Å². The molecule has 8 nitrogen and oxygen atoms in total. The van der Waals surface area contributed by atoms with Crippen molar-refractivity contribution in [1.29, 1.82) is 0 Å². The Morgan fingerprint density at radius 3 is 2.57 bits per heavy atom. The molecule has 0 spiro atoms. The topological polar surface area (TPSA) is 103 Å². The number of nitrogens with zero attached hydrogens (tertiary/aromatic N) is 3. The smallest absolute Gasteiger partial charge is 0.267 e. The van der Waals surface area contributed by atoms with Gasteiger partial charge in [0, 0.05) is 24.2 Å². The molecule has 0 aliphatic carbocycles. The fraction of sp³-hybridized carbons (Fsp3) is 0.0952. The molecule has 2 heterocycles. The van der Waals surface area contributed by atoms with Crippen molar-refractivity contribution in [3.63, 3.8) is 0 Å². The van der Waals surface area contributed by atoms with Gasteiger partial charge >= 0.3 is 0 Å². The summed E-state index contributed by atoms with van der Waals surface area (Å²) < 4.78 is 33.6. The maximum atomic E-state index is 12.3. The number of rotatable bonds is 6. The van der Waals surface area contributed by atoms with E-state index >= 15 is 0 Å². The molecule has 0 radical (unpaired) electrons.